The van der Waals surface area contributed by atoms with Crippen LogP contribution in [0.1, 0.15) is 50.0 Å². The van der Waals surface area contributed by atoms with E-state index < -0.39 is 42.3 Å². The van der Waals surface area contributed by atoms with Crippen molar-refractivity contribution in [2.75, 3.05) is 6.61 Å². The van der Waals surface area contributed by atoms with Crippen molar-refractivity contribution in [3.05, 3.63) is 71.3 Å². The van der Waals surface area contributed by atoms with E-state index in [-0.39, 0.29) is 13.0 Å². The fourth-order valence-corrected chi connectivity index (χ4v) is 3.63. The van der Waals surface area contributed by atoms with Crippen molar-refractivity contribution < 1.29 is 33.3 Å². The van der Waals surface area contributed by atoms with E-state index in [0.717, 1.165) is 11.1 Å². The summed E-state index contributed by atoms with van der Waals surface area (Å²) in [6.07, 6.45) is -2.70. The average Bonchev–Trinajstić information content (AvgIpc) is 2.78. The first-order chi connectivity index (χ1) is 15.8. The predicted molar refractivity (Wildman–Crippen MR) is 119 cm³/mol. The Labute approximate surface area is 193 Å². The fourth-order valence-electron chi connectivity index (χ4n) is 3.63. The molecule has 4 atom stereocenters. The molecule has 0 amide bonds. The maximum absolute atomic E-state index is 11.8. The van der Waals surface area contributed by atoms with Crippen LogP contribution in [-0.4, -0.2) is 42.8 Å². The molecule has 2 aromatic rings. The van der Waals surface area contributed by atoms with E-state index in [9.17, 15) is 14.4 Å². The largest absolute Gasteiger partial charge is 0.463 e. The highest BCUT2D eigenvalue weighted by atomic mass is 16.6. The lowest BCUT2D eigenvalue weighted by Crippen LogP contribution is -2.49. The van der Waals surface area contributed by atoms with Gasteiger partial charge in [0.1, 0.15) is 18.8 Å². The topological polar surface area (TPSA) is 88.1 Å². The average molecular weight is 450 g/mol. The van der Waals surface area contributed by atoms with Gasteiger partial charge in [-0.15, -0.1) is 0 Å². The molecule has 0 bridgehead atoms. The van der Waals surface area contributed by atoms with Gasteiger partial charge in [-0.2, -0.15) is 0 Å². The smallest absolute Gasteiger partial charge is 0.303 e. The van der Waals surface area contributed by atoms with Gasteiger partial charge < -0.3 is 18.9 Å². The van der Waals surface area contributed by atoms with Crippen LogP contribution < -0.4 is 0 Å². The standard InChI is InChI=1S/C26H26O7/c1-17(27)30-16-23-15-24(31-18(2)28)26(32-19(3)29)25(33-23)22-11-7-10-21(14-22)13-12-20-8-5-4-6-9-20/h4-11,14,23-26H,15-16H2,1-3H3/t23-,24-,25+,26-/m0/s1. The maximum atomic E-state index is 11.8. The second kappa shape index (κ2) is 11.3. The number of hydrogen-bond acceptors (Lipinski definition) is 7. The van der Waals surface area contributed by atoms with Crippen LogP contribution in [0.2, 0.25) is 0 Å². The molecule has 33 heavy (non-hydrogen) atoms. The quantitative estimate of drug-likeness (QED) is 0.392. The first kappa shape index (κ1) is 24.0. The lowest BCUT2D eigenvalue weighted by atomic mass is 9.92. The zero-order valence-corrected chi connectivity index (χ0v) is 18.8. The Balaban J connectivity index is 1.93. The number of ether oxygens (including phenoxy) is 4. The van der Waals surface area contributed by atoms with E-state index in [4.69, 9.17) is 18.9 Å². The Bertz CT molecular complexity index is 1050. The monoisotopic (exact) mass is 450 g/mol. The van der Waals surface area contributed by atoms with E-state index >= 15 is 0 Å². The second-order valence-corrected chi connectivity index (χ2v) is 7.68. The molecular formula is C26H26O7. The zero-order chi connectivity index (χ0) is 23.8. The van der Waals surface area contributed by atoms with Gasteiger partial charge >= 0.3 is 17.9 Å². The summed E-state index contributed by atoms with van der Waals surface area (Å²) >= 11 is 0. The molecule has 1 aliphatic heterocycles. The van der Waals surface area contributed by atoms with Crippen LogP contribution in [0.15, 0.2) is 54.6 Å². The number of benzene rings is 2. The van der Waals surface area contributed by atoms with Crippen molar-refractivity contribution in [2.45, 2.75) is 51.6 Å². The first-order valence-electron chi connectivity index (χ1n) is 10.6. The van der Waals surface area contributed by atoms with Gasteiger partial charge in [0.25, 0.3) is 0 Å². The summed E-state index contributed by atoms with van der Waals surface area (Å²) < 4.78 is 22.3. The van der Waals surface area contributed by atoms with Crippen molar-refractivity contribution in [3.63, 3.8) is 0 Å². The van der Waals surface area contributed by atoms with Crippen molar-refractivity contribution in [1.29, 1.82) is 0 Å². The van der Waals surface area contributed by atoms with Crippen molar-refractivity contribution in [3.8, 4) is 11.8 Å². The minimum Gasteiger partial charge on any atom is -0.463 e. The Kier molecular flexibility index (Phi) is 8.22. The molecule has 0 aromatic heterocycles. The number of esters is 3. The summed E-state index contributed by atoms with van der Waals surface area (Å²) in [5.74, 6) is 4.75. The minimum absolute atomic E-state index is 0.0100. The molecule has 0 aliphatic carbocycles. The maximum Gasteiger partial charge on any atom is 0.303 e. The molecule has 1 heterocycles. The van der Waals surface area contributed by atoms with Crippen LogP contribution in [-0.2, 0) is 33.3 Å². The third-order valence-electron chi connectivity index (χ3n) is 4.93. The Morgan fingerprint density at radius 2 is 1.55 bits per heavy atom. The van der Waals surface area contributed by atoms with Gasteiger partial charge in [-0.25, -0.2) is 0 Å². The zero-order valence-electron chi connectivity index (χ0n) is 18.8. The molecule has 2 aromatic carbocycles. The van der Waals surface area contributed by atoms with E-state index in [2.05, 4.69) is 11.8 Å². The van der Waals surface area contributed by atoms with Gasteiger partial charge in [0.2, 0.25) is 0 Å². The summed E-state index contributed by atoms with van der Waals surface area (Å²) in [5.41, 5.74) is 2.32. The molecule has 7 nitrogen and oxygen atoms in total. The van der Waals surface area contributed by atoms with Crippen molar-refractivity contribution in [2.24, 2.45) is 0 Å². The highest BCUT2D eigenvalue weighted by Gasteiger charge is 2.44. The van der Waals surface area contributed by atoms with Gasteiger partial charge in [0, 0.05) is 38.3 Å². The predicted octanol–water partition coefficient (Wildman–Crippen LogP) is 3.34. The normalized spacial score (nSPS) is 21.8. The lowest BCUT2D eigenvalue weighted by molar-refractivity contribution is -0.214. The van der Waals surface area contributed by atoms with Gasteiger partial charge in [0.15, 0.2) is 6.10 Å². The molecule has 0 saturated carbocycles. The van der Waals surface area contributed by atoms with Crippen LogP contribution in [0.25, 0.3) is 0 Å². The van der Waals surface area contributed by atoms with Crippen LogP contribution in [0.4, 0.5) is 0 Å². The lowest BCUT2D eigenvalue weighted by Gasteiger charge is -2.40. The van der Waals surface area contributed by atoms with Gasteiger partial charge in [-0.05, 0) is 29.8 Å². The molecule has 0 spiro atoms. The molecule has 1 aliphatic rings. The van der Waals surface area contributed by atoms with Gasteiger partial charge in [-0.3, -0.25) is 14.4 Å². The van der Waals surface area contributed by atoms with Crippen LogP contribution in [0, 0.1) is 11.8 Å². The molecule has 0 unspecified atom stereocenters. The number of carbonyl (C=O) groups is 3. The summed E-state index contributed by atoms with van der Waals surface area (Å²) in [7, 11) is 0. The summed E-state index contributed by atoms with van der Waals surface area (Å²) in [6.45, 7) is 3.87. The molecular weight excluding hydrogens is 424 g/mol. The Morgan fingerprint density at radius 1 is 0.879 bits per heavy atom. The highest BCUT2D eigenvalue weighted by Crippen LogP contribution is 2.36. The fraction of sp³-hybridized carbons (Fsp3) is 0.346. The molecule has 1 fully saturated rings. The second-order valence-electron chi connectivity index (χ2n) is 7.68. The summed E-state index contributed by atoms with van der Waals surface area (Å²) in [4.78, 5) is 34.9. The van der Waals surface area contributed by atoms with Gasteiger partial charge in [-0.1, -0.05) is 42.2 Å². The number of hydrogen-bond donors (Lipinski definition) is 0. The van der Waals surface area contributed by atoms with Crippen molar-refractivity contribution >= 4 is 17.9 Å². The Morgan fingerprint density at radius 3 is 2.21 bits per heavy atom. The summed E-state index contributed by atoms with van der Waals surface area (Å²) in [6, 6.07) is 17.0. The third kappa shape index (κ3) is 7.19. The van der Waals surface area contributed by atoms with Crippen LogP contribution in [0.3, 0.4) is 0 Å². The molecule has 1 saturated heterocycles. The summed E-state index contributed by atoms with van der Waals surface area (Å²) in [5, 5.41) is 0. The van der Waals surface area contributed by atoms with E-state index in [1.54, 1.807) is 0 Å². The molecule has 172 valence electrons. The van der Waals surface area contributed by atoms with Gasteiger partial charge in [0.05, 0.1) is 6.10 Å². The van der Waals surface area contributed by atoms with E-state index in [0.29, 0.717) is 5.56 Å². The number of carbonyl (C=O) groups excluding carboxylic acids is 3. The molecule has 0 N–H and O–H groups in total. The van der Waals surface area contributed by atoms with E-state index in [1.165, 1.54) is 20.8 Å². The van der Waals surface area contributed by atoms with E-state index in [1.807, 2.05) is 54.6 Å². The minimum atomic E-state index is -0.864. The van der Waals surface area contributed by atoms with Crippen LogP contribution >= 0.6 is 0 Å². The molecule has 7 heteroatoms. The van der Waals surface area contributed by atoms with Crippen LogP contribution in [0.5, 0.6) is 0 Å². The molecule has 0 radical (unpaired) electrons. The third-order valence-corrected chi connectivity index (χ3v) is 4.93. The Hall–Kier alpha value is -3.63. The first-order valence-corrected chi connectivity index (χ1v) is 10.6. The van der Waals surface area contributed by atoms with Crippen molar-refractivity contribution in [1.82, 2.24) is 0 Å². The number of rotatable bonds is 5. The SMILES string of the molecule is CC(=O)OC[C@@H]1C[C@H](OC(C)=O)[C@H](OC(C)=O)[C@@H](c2cccc(C#Cc3ccccc3)c2)O1. The highest BCUT2D eigenvalue weighted by molar-refractivity contribution is 5.67. The molecule has 3 rings (SSSR count).